The summed E-state index contributed by atoms with van der Waals surface area (Å²) in [6.45, 7) is 16.1. The van der Waals surface area contributed by atoms with Gasteiger partial charge in [0.05, 0.1) is 11.8 Å². The second-order valence-corrected chi connectivity index (χ2v) is 9.47. The summed E-state index contributed by atoms with van der Waals surface area (Å²) in [7, 11) is 0. The molecule has 0 saturated carbocycles. The molecule has 3 rings (SSSR count). The summed E-state index contributed by atoms with van der Waals surface area (Å²) in [5.74, 6) is 0.574. The van der Waals surface area contributed by atoms with Crippen molar-refractivity contribution in [3.63, 3.8) is 0 Å². The lowest BCUT2D eigenvalue weighted by Crippen LogP contribution is -2.53. The zero-order chi connectivity index (χ0) is 20.9. The third-order valence-electron chi connectivity index (χ3n) is 6.17. The number of hydrogen-bond donors (Lipinski definition) is 1. The minimum atomic E-state index is 0.292. The van der Waals surface area contributed by atoms with Gasteiger partial charge in [0.1, 0.15) is 5.52 Å². The summed E-state index contributed by atoms with van der Waals surface area (Å²) in [6, 6.07) is 2.19. The lowest BCUT2D eigenvalue weighted by Gasteiger charge is -2.42. The maximum absolute atomic E-state index is 6.17. The van der Waals surface area contributed by atoms with Crippen molar-refractivity contribution in [1.82, 2.24) is 24.3 Å². The van der Waals surface area contributed by atoms with Crippen LogP contribution in [0, 0.1) is 0 Å². The zero-order valence-electron chi connectivity index (χ0n) is 19.0. The van der Waals surface area contributed by atoms with Gasteiger partial charge in [-0.05, 0) is 59.1 Å². The summed E-state index contributed by atoms with van der Waals surface area (Å²) in [6.07, 6.45) is 8.95. The molecule has 0 atom stereocenters. The number of unbranched alkanes of at least 4 members (excludes halogenated alkanes) is 3. The lowest BCUT2D eigenvalue weighted by atomic mass is 10.0. The van der Waals surface area contributed by atoms with Gasteiger partial charge >= 0.3 is 0 Å². The van der Waals surface area contributed by atoms with Crippen LogP contribution >= 0.6 is 0 Å². The number of pyridine rings is 1. The van der Waals surface area contributed by atoms with Gasteiger partial charge in [-0.25, -0.2) is 9.97 Å². The van der Waals surface area contributed by atoms with Crippen molar-refractivity contribution in [2.24, 2.45) is 0 Å². The van der Waals surface area contributed by atoms with Crippen LogP contribution in [-0.4, -0.2) is 62.6 Å². The maximum atomic E-state index is 6.17. The molecule has 6 nitrogen and oxygen atoms in total. The monoisotopic (exact) mass is 400 g/mol. The minimum absolute atomic E-state index is 0.292. The Morgan fingerprint density at radius 1 is 1.00 bits per heavy atom. The van der Waals surface area contributed by atoms with Crippen LogP contribution in [0.25, 0.3) is 11.0 Å². The Hall–Kier alpha value is -1.66. The number of imidazole rings is 1. The molecule has 0 bridgehead atoms. The molecule has 1 fully saturated rings. The number of anilines is 1. The second-order valence-electron chi connectivity index (χ2n) is 9.47. The third-order valence-corrected chi connectivity index (χ3v) is 6.17. The van der Waals surface area contributed by atoms with Crippen LogP contribution in [0.15, 0.2) is 12.4 Å². The van der Waals surface area contributed by atoms with Gasteiger partial charge in [-0.3, -0.25) is 4.90 Å². The Labute approximate surface area is 176 Å². The summed E-state index contributed by atoms with van der Waals surface area (Å²) in [5, 5.41) is 0. The molecule has 1 aliphatic rings. The van der Waals surface area contributed by atoms with Crippen molar-refractivity contribution in [2.45, 2.75) is 78.3 Å². The molecular formula is C23H40N6. The van der Waals surface area contributed by atoms with Crippen LogP contribution in [0.3, 0.4) is 0 Å². The Bertz CT molecular complexity index is 768. The van der Waals surface area contributed by atoms with Gasteiger partial charge in [-0.15, -0.1) is 0 Å². The average Bonchev–Trinajstić information content (AvgIpc) is 3.09. The summed E-state index contributed by atoms with van der Waals surface area (Å²) in [5.41, 5.74) is 9.55. The first-order valence-electron chi connectivity index (χ1n) is 11.5. The fourth-order valence-electron chi connectivity index (χ4n) is 4.26. The van der Waals surface area contributed by atoms with E-state index in [4.69, 9.17) is 5.73 Å². The van der Waals surface area contributed by atoms with E-state index in [1.807, 2.05) is 6.33 Å². The number of aromatic nitrogens is 3. The zero-order valence-corrected chi connectivity index (χ0v) is 19.0. The van der Waals surface area contributed by atoms with Crippen LogP contribution in [0.4, 0.5) is 5.82 Å². The van der Waals surface area contributed by atoms with E-state index in [9.17, 15) is 0 Å². The minimum Gasteiger partial charge on any atom is -0.382 e. The summed E-state index contributed by atoms with van der Waals surface area (Å²) >= 11 is 0. The van der Waals surface area contributed by atoms with Crippen molar-refractivity contribution in [3.8, 4) is 0 Å². The molecule has 2 N–H and O–H groups in total. The fraction of sp³-hybridized carbons (Fsp3) is 0.739. The van der Waals surface area contributed by atoms with E-state index in [0.29, 0.717) is 11.4 Å². The molecular weight excluding hydrogens is 360 g/mol. The van der Waals surface area contributed by atoms with Crippen molar-refractivity contribution >= 4 is 16.9 Å². The molecule has 162 valence electrons. The molecule has 29 heavy (non-hydrogen) atoms. The molecule has 2 aromatic rings. The smallest absolute Gasteiger partial charge is 0.151 e. The SMILES string of the molecule is CCCCCc1cc2c(ncn2CCCCN2CCN(C(C)(C)C)CC2)c(N)n1. The highest BCUT2D eigenvalue weighted by Crippen LogP contribution is 2.21. The Kier molecular flexibility index (Phi) is 7.52. The topological polar surface area (TPSA) is 63.2 Å². The molecule has 0 aliphatic carbocycles. The highest BCUT2D eigenvalue weighted by molar-refractivity contribution is 5.85. The van der Waals surface area contributed by atoms with Crippen molar-refractivity contribution in [1.29, 1.82) is 0 Å². The van der Waals surface area contributed by atoms with Crippen molar-refractivity contribution in [3.05, 3.63) is 18.1 Å². The molecule has 0 unspecified atom stereocenters. The molecule has 0 spiro atoms. The first kappa shape index (κ1) is 22.0. The number of rotatable bonds is 9. The van der Waals surface area contributed by atoms with Gasteiger partial charge in [0, 0.05) is 44.0 Å². The second kappa shape index (κ2) is 9.90. The molecule has 2 aromatic heterocycles. The van der Waals surface area contributed by atoms with Gasteiger partial charge in [0.2, 0.25) is 0 Å². The number of hydrogen-bond acceptors (Lipinski definition) is 5. The van der Waals surface area contributed by atoms with Gasteiger partial charge in [-0.1, -0.05) is 19.8 Å². The predicted octanol–water partition coefficient (Wildman–Crippen LogP) is 3.94. The molecule has 1 aliphatic heterocycles. The standard InChI is InChI=1S/C23H40N6/c1-5-6-7-10-19-17-20-21(22(24)26-19)25-18-28(20)12-9-8-11-27-13-15-29(16-14-27)23(2,3)4/h17-18H,5-16H2,1-4H3,(H2,24,26). The lowest BCUT2D eigenvalue weighted by molar-refractivity contribution is 0.0615. The number of nitrogen functional groups attached to an aromatic ring is 1. The van der Waals surface area contributed by atoms with Crippen molar-refractivity contribution < 1.29 is 0 Å². The normalized spacial score (nSPS) is 16.7. The molecule has 0 amide bonds. The van der Waals surface area contributed by atoms with Gasteiger partial charge in [0.25, 0.3) is 0 Å². The third kappa shape index (κ3) is 5.92. The van der Waals surface area contributed by atoms with Gasteiger partial charge < -0.3 is 15.2 Å². The van der Waals surface area contributed by atoms with Crippen molar-refractivity contribution in [2.75, 3.05) is 38.5 Å². The fourth-order valence-corrected chi connectivity index (χ4v) is 4.26. The largest absolute Gasteiger partial charge is 0.382 e. The number of nitrogens with zero attached hydrogens (tertiary/aromatic N) is 5. The van der Waals surface area contributed by atoms with E-state index in [0.717, 1.165) is 29.7 Å². The Morgan fingerprint density at radius 2 is 1.72 bits per heavy atom. The van der Waals surface area contributed by atoms with E-state index in [1.165, 1.54) is 64.8 Å². The summed E-state index contributed by atoms with van der Waals surface area (Å²) in [4.78, 5) is 14.3. The maximum Gasteiger partial charge on any atom is 0.151 e. The Morgan fingerprint density at radius 3 is 2.41 bits per heavy atom. The molecule has 3 heterocycles. The molecule has 0 radical (unpaired) electrons. The molecule has 6 heteroatoms. The van der Waals surface area contributed by atoms with Gasteiger partial charge in [-0.2, -0.15) is 0 Å². The van der Waals surface area contributed by atoms with Crippen LogP contribution in [0.5, 0.6) is 0 Å². The number of nitrogens with two attached hydrogens (primary N) is 1. The number of aryl methyl sites for hydroxylation is 2. The van der Waals surface area contributed by atoms with Gasteiger partial charge in [0.15, 0.2) is 5.82 Å². The first-order chi connectivity index (χ1) is 13.9. The van der Waals surface area contributed by atoms with Crippen LogP contribution in [0.1, 0.15) is 65.5 Å². The predicted molar refractivity (Wildman–Crippen MR) is 122 cm³/mol. The molecule has 0 aromatic carbocycles. The summed E-state index contributed by atoms with van der Waals surface area (Å²) < 4.78 is 2.26. The van der Waals surface area contributed by atoms with Crippen LogP contribution in [0.2, 0.25) is 0 Å². The highest BCUT2D eigenvalue weighted by Gasteiger charge is 2.25. The number of fused-ring (bicyclic) bond motifs is 1. The van der Waals surface area contributed by atoms with E-state index in [-0.39, 0.29) is 0 Å². The van der Waals surface area contributed by atoms with E-state index in [2.05, 4.69) is 58.1 Å². The van der Waals surface area contributed by atoms with E-state index >= 15 is 0 Å². The van der Waals surface area contributed by atoms with Crippen LogP contribution in [-0.2, 0) is 13.0 Å². The number of piperazine rings is 1. The first-order valence-corrected chi connectivity index (χ1v) is 11.5. The van der Waals surface area contributed by atoms with E-state index < -0.39 is 0 Å². The average molecular weight is 401 g/mol. The molecule has 1 saturated heterocycles. The quantitative estimate of drug-likeness (QED) is 0.646. The van der Waals surface area contributed by atoms with E-state index in [1.54, 1.807) is 0 Å². The Balaban J connectivity index is 1.48. The van der Waals surface area contributed by atoms with Crippen LogP contribution < -0.4 is 5.73 Å². The highest BCUT2D eigenvalue weighted by atomic mass is 15.3.